The molecule has 0 aliphatic rings. The maximum absolute atomic E-state index is 12.3. The number of sulfonamides is 2. The van der Waals surface area contributed by atoms with Gasteiger partial charge in [-0.1, -0.05) is 0 Å². The summed E-state index contributed by atoms with van der Waals surface area (Å²) < 4.78 is 161. The summed E-state index contributed by atoms with van der Waals surface area (Å²) in [4.78, 5) is 0. The zero-order valence-corrected chi connectivity index (χ0v) is 13.3. The van der Waals surface area contributed by atoms with E-state index in [0.29, 0.717) is 4.13 Å². The molecule has 0 aliphatic carbocycles. The topological polar surface area (TPSA) is 82.4 Å². The number of halogens is 10. The Morgan fingerprint density at radius 3 is 0.864 bits per heavy atom. The molecule has 0 bridgehead atoms. The molecule has 0 radical (unpaired) electrons. The number of hydrogen-bond acceptors (Lipinski definition) is 4. The maximum Gasteiger partial charge on any atom is 1.00 e. The summed E-state index contributed by atoms with van der Waals surface area (Å²) in [5.41, 5.74) is 0. The van der Waals surface area contributed by atoms with Crippen LogP contribution in [0.15, 0.2) is 0 Å². The van der Waals surface area contributed by atoms with Crippen LogP contribution in [0.25, 0.3) is 4.13 Å². The fourth-order valence-electron chi connectivity index (χ4n) is 0.515. The molecule has 0 fully saturated rings. The average Bonchev–Trinajstić information content (AvgIpc) is 2.11. The summed E-state index contributed by atoms with van der Waals surface area (Å²) in [5.74, 6) is 0. The van der Waals surface area contributed by atoms with Crippen molar-refractivity contribution in [1.29, 1.82) is 0 Å². The number of nitrogens with zero attached hydrogens (tertiary/aromatic N) is 1. The van der Waals surface area contributed by atoms with Gasteiger partial charge in [-0.05, 0) is 0 Å². The van der Waals surface area contributed by atoms with Crippen LogP contribution in [0.5, 0.6) is 0 Å². The fraction of sp³-hybridized carbons (Fsp3) is 1.00. The van der Waals surface area contributed by atoms with Crippen molar-refractivity contribution in [2.75, 3.05) is 0 Å². The molecule has 0 atom stereocenters. The van der Waals surface area contributed by atoms with E-state index in [4.69, 9.17) is 0 Å². The molecule has 0 saturated carbocycles. The SMILES string of the molecule is O=S(=O)([N-]S(=O)(=O)C(F)(F)C(F)(F)F)C(F)(F)C(F)(F)F.[Na+]. The van der Waals surface area contributed by atoms with Crippen LogP contribution in [0.4, 0.5) is 43.9 Å². The molecule has 0 aromatic carbocycles. The summed E-state index contributed by atoms with van der Waals surface area (Å²) in [5, 5.41) is -14.0. The predicted molar refractivity (Wildman–Crippen MR) is 43.2 cm³/mol. The van der Waals surface area contributed by atoms with Crippen molar-refractivity contribution in [2.24, 2.45) is 0 Å². The smallest absolute Gasteiger partial charge is 0.425 e. The van der Waals surface area contributed by atoms with Crippen molar-refractivity contribution in [3.63, 3.8) is 0 Å². The minimum atomic E-state index is -7.62. The van der Waals surface area contributed by atoms with Crippen molar-refractivity contribution in [2.45, 2.75) is 22.9 Å². The quantitative estimate of drug-likeness (QED) is 0.461. The van der Waals surface area contributed by atoms with Gasteiger partial charge < -0.3 is 4.13 Å². The molecule has 0 unspecified atom stereocenters. The zero-order chi connectivity index (χ0) is 17.7. The van der Waals surface area contributed by atoms with E-state index in [1.165, 1.54) is 0 Å². The summed E-state index contributed by atoms with van der Waals surface area (Å²) in [7, 11) is -15.2. The first-order valence-corrected chi connectivity index (χ1v) is 6.71. The second-order valence-corrected chi connectivity index (χ2v) is 6.58. The Balaban J connectivity index is 0. The molecule has 5 nitrogen and oxygen atoms in total. The Bertz CT molecular complexity index is 550. The van der Waals surface area contributed by atoms with Gasteiger partial charge in [0.05, 0.1) is 0 Å². The summed E-state index contributed by atoms with van der Waals surface area (Å²) in [6.07, 6.45) is -14.0. The molecule has 0 aliphatic heterocycles. The van der Waals surface area contributed by atoms with Gasteiger partial charge in [0.1, 0.15) is 0 Å². The first kappa shape index (κ1) is 24.4. The molecule has 0 amide bonds. The van der Waals surface area contributed by atoms with E-state index in [1.54, 1.807) is 0 Å². The molecule has 0 aromatic rings. The zero-order valence-electron chi connectivity index (χ0n) is 9.68. The predicted octanol–water partition coefficient (Wildman–Crippen LogP) is -0.666. The molecule has 0 spiro atoms. The van der Waals surface area contributed by atoms with E-state index in [0.717, 1.165) is 0 Å². The second kappa shape index (κ2) is 6.23. The van der Waals surface area contributed by atoms with Gasteiger partial charge in [-0.3, -0.25) is 0 Å². The van der Waals surface area contributed by atoms with Gasteiger partial charge in [0.15, 0.2) is 20.0 Å². The number of rotatable bonds is 4. The molecular formula is C4F10NNaO4S2. The Morgan fingerprint density at radius 1 is 0.545 bits per heavy atom. The summed E-state index contributed by atoms with van der Waals surface area (Å²) in [6, 6.07) is 0. The van der Waals surface area contributed by atoms with Gasteiger partial charge in [-0.15, -0.1) is 0 Å². The first-order valence-electron chi connectivity index (χ1n) is 3.83. The van der Waals surface area contributed by atoms with Crippen LogP contribution >= 0.6 is 0 Å². The van der Waals surface area contributed by atoms with Crippen molar-refractivity contribution in [1.82, 2.24) is 0 Å². The van der Waals surface area contributed by atoms with Crippen LogP contribution in [-0.2, 0) is 20.0 Å². The Labute approximate surface area is 137 Å². The summed E-state index contributed by atoms with van der Waals surface area (Å²) >= 11 is 0. The molecule has 0 saturated heterocycles. The minimum absolute atomic E-state index is 0. The van der Waals surface area contributed by atoms with E-state index in [-0.39, 0.29) is 29.6 Å². The van der Waals surface area contributed by atoms with Crippen molar-refractivity contribution in [3.05, 3.63) is 4.13 Å². The Morgan fingerprint density at radius 2 is 0.727 bits per heavy atom. The fourth-order valence-corrected chi connectivity index (χ4v) is 2.88. The second-order valence-electron chi connectivity index (χ2n) is 3.05. The standard InChI is InChI=1S/C4F10NO4S2.Na/c5-1(6,7)3(11,12)20(16,17)15-21(18,19)4(13,14)2(8,9)10;/q-1;+1. The molecule has 128 valence electrons. The minimum Gasteiger partial charge on any atom is -0.425 e. The molecule has 0 rings (SSSR count). The van der Waals surface area contributed by atoms with E-state index in [2.05, 4.69) is 0 Å². The van der Waals surface area contributed by atoms with Gasteiger partial charge in [-0.2, -0.15) is 43.9 Å². The molecule has 0 aromatic heterocycles. The molecule has 18 heteroatoms. The normalized spacial score (nSPS) is 15.4. The van der Waals surface area contributed by atoms with Crippen LogP contribution in [-0.4, -0.2) is 39.7 Å². The third kappa shape index (κ3) is 4.16. The maximum atomic E-state index is 12.3. The van der Waals surface area contributed by atoms with E-state index in [1.807, 2.05) is 0 Å². The molecule has 0 N–H and O–H groups in total. The van der Waals surface area contributed by atoms with Crippen LogP contribution in [0.3, 0.4) is 0 Å². The van der Waals surface area contributed by atoms with Crippen molar-refractivity contribution < 1.29 is 90.3 Å². The molecule has 22 heavy (non-hydrogen) atoms. The van der Waals surface area contributed by atoms with E-state index < -0.39 is 42.9 Å². The third-order valence-electron chi connectivity index (χ3n) is 1.50. The van der Waals surface area contributed by atoms with Crippen molar-refractivity contribution >= 4 is 20.0 Å². The van der Waals surface area contributed by atoms with Crippen LogP contribution in [0, 0.1) is 0 Å². The van der Waals surface area contributed by atoms with E-state index >= 15 is 0 Å². The van der Waals surface area contributed by atoms with Crippen LogP contribution in [0.1, 0.15) is 0 Å². The van der Waals surface area contributed by atoms with Gasteiger partial charge in [-0.25, -0.2) is 16.8 Å². The Kier molecular flexibility index (Phi) is 6.91. The molecule has 0 heterocycles. The number of hydrogen-bond donors (Lipinski definition) is 0. The van der Waals surface area contributed by atoms with E-state index in [9.17, 15) is 60.7 Å². The summed E-state index contributed by atoms with van der Waals surface area (Å²) in [6.45, 7) is 0. The average molecular weight is 403 g/mol. The van der Waals surface area contributed by atoms with Gasteiger partial charge >= 0.3 is 52.4 Å². The monoisotopic (exact) mass is 403 g/mol. The Hall–Kier alpha value is 0.160. The van der Waals surface area contributed by atoms with Crippen molar-refractivity contribution in [3.8, 4) is 0 Å². The van der Waals surface area contributed by atoms with Crippen LogP contribution in [0.2, 0.25) is 0 Å². The van der Waals surface area contributed by atoms with Gasteiger partial charge in [0.25, 0.3) is 0 Å². The number of alkyl halides is 10. The molecular weight excluding hydrogens is 403 g/mol. The third-order valence-corrected chi connectivity index (χ3v) is 4.83. The largest absolute Gasteiger partial charge is 1.00 e. The van der Waals surface area contributed by atoms with Crippen LogP contribution < -0.4 is 29.6 Å². The van der Waals surface area contributed by atoms with Gasteiger partial charge in [0.2, 0.25) is 0 Å². The van der Waals surface area contributed by atoms with Gasteiger partial charge in [0, 0.05) is 0 Å². The first-order chi connectivity index (χ1) is 8.71.